The van der Waals surface area contributed by atoms with E-state index in [1.165, 1.54) is 564 Å². The summed E-state index contributed by atoms with van der Waals surface area (Å²) in [5.74, 6) is 0. The van der Waals surface area contributed by atoms with Crippen LogP contribution in [0.4, 0.5) is 0 Å². The van der Waals surface area contributed by atoms with E-state index < -0.39 is 20.2 Å². The standard InChI is InChI=1S/2C53H100O3S.Ca/c2*1-2-3-4-5-6-7-8-9-10-11-12-13-14-15-16-17-18-19-20-21-22-23-24-25-26-27-28-29-30-31-32-33-34-35-36-37-38-39-40-41-42-43-44-45-46-49-52-50-47-48-51-53(52)57(54,55)56;/h2*47-48,50-51H,2-46,49H2,1H3,(H,54,55,56);/q;;+2/p-2. The fourth-order valence-corrected chi connectivity index (χ4v) is 19.4. The monoisotopic (exact) mass is 1670 g/mol. The number of hydrogen-bond acceptors (Lipinski definition) is 6. The van der Waals surface area contributed by atoms with E-state index in [0.717, 1.165) is 25.7 Å². The quantitative estimate of drug-likeness (QED) is 0.0370. The molecule has 0 radical (unpaired) electrons. The van der Waals surface area contributed by atoms with Crippen LogP contribution in [-0.4, -0.2) is 63.7 Å². The van der Waals surface area contributed by atoms with Crippen molar-refractivity contribution >= 4 is 58.0 Å². The topological polar surface area (TPSA) is 114 Å². The van der Waals surface area contributed by atoms with Gasteiger partial charge < -0.3 is 9.11 Å². The summed E-state index contributed by atoms with van der Waals surface area (Å²) in [4.78, 5) is -0.0792. The number of unbranched alkanes of at least 4 members (excludes halogenated alkanes) is 88. The average Bonchev–Trinajstić information content (AvgIpc) is 0.845. The summed E-state index contributed by atoms with van der Waals surface area (Å²) in [5, 5.41) is 0. The van der Waals surface area contributed by atoms with Crippen LogP contribution < -0.4 is 0 Å². The third-order valence-electron chi connectivity index (χ3n) is 25.6. The van der Waals surface area contributed by atoms with Crippen LogP contribution in [0.25, 0.3) is 0 Å². The molecule has 2 aromatic rings. The van der Waals surface area contributed by atoms with Crippen LogP contribution in [0.15, 0.2) is 58.3 Å². The Morgan fingerprint density at radius 3 is 0.365 bits per heavy atom. The van der Waals surface area contributed by atoms with Gasteiger partial charge in [0.1, 0.15) is 20.2 Å². The fraction of sp³-hybridized carbons (Fsp3) is 0.887. The van der Waals surface area contributed by atoms with Crippen LogP contribution in [0.1, 0.15) is 603 Å². The van der Waals surface area contributed by atoms with Gasteiger partial charge in [-0.1, -0.05) is 615 Å². The van der Waals surface area contributed by atoms with Crippen molar-refractivity contribution in [2.45, 2.75) is 614 Å². The average molecular weight is 1670 g/mol. The Hall–Kier alpha value is -0.480. The van der Waals surface area contributed by atoms with E-state index in [0.29, 0.717) is 24.0 Å². The molecule has 0 spiro atoms. The Morgan fingerprint density at radius 1 is 0.165 bits per heavy atom. The maximum atomic E-state index is 11.4. The summed E-state index contributed by atoms with van der Waals surface area (Å²) in [6.07, 6.45) is 130. The van der Waals surface area contributed by atoms with Crippen molar-refractivity contribution in [3.63, 3.8) is 0 Å². The third-order valence-corrected chi connectivity index (χ3v) is 27.5. The van der Waals surface area contributed by atoms with E-state index in [2.05, 4.69) is 13.8 Å². The maximum Gasteiger partial charge on any atom is 2.00 e. The molecule has 0 amide bonds. The molecule has 2 aromatic carbocycles. The Labute approximate surface area is 751 Å². The molecule has 0 fully saturated rings. The van der Waals surface area contributed by atoms with Crippen molar-refractivity contribution in [1.29, 1.82) is 0 Å². The van der Waals surface area contributed by atoms with Gasteiger partial charge in [-0.2, -0.15) is 0 Å². The molecule has 672 valence electrons. The van der Waals surface area contributed by atoms with Crippen LogP contribution in [-0.2, 0) is 33.1 Å². The second kappa shape index (κ2) is 94.2. The molecule has 0 aliphatic heterocycles. The van der Waals surface area contributed by atoms with Gasteiger partial charge in [0.15, 0.2) is 0 Å². The van der Waals surface area contributed by atoms with Gasteiger partial charge in [0.05, 0.1) is 9.79 Å². The van der Waals surface area contributed by atoms with Gasteiger partial charge in [0.25, 0.3) is 0 Å². The molecule has 6 nitrogen and oxygen atoms in total. The molecule has 0 heterocycles. The van der Waals surface area contributed by atoms with Gasteiger partial charge in [0, 0.05) is 0 Å². The molecule has 0 saturated heterocycles. The van der Waals surface area contributed by atoms with Crippen LogP contribution in [0, 0.1) is 0 Å². The van der Waals surface area contributed by atoms with E-state index in [-0.39, 0.29) is 47.5 Å². The maximum absolute atomic E-state index is 11.4. The van der Waals surface area contributed by atoms with Crippen molar-refractivity contribution in [2.24, 2.45) is 0 Å². The molecule has 0 unspecified atom stereocenters. The number of hydrogen-bond donors (Lipinski definition) is 0. The van der Waals surface area contributed by atoms with Crippen LogP contribution in [0.2, 0.25) is 0 Å². The third kappa shape index (κ3) is 86.8. The Kier molecular flexibility index (Phi) is 93.8. The Morgan fingerprint density at radius 2 is 0.261 bits per heavy atom. The number of benzene rings is 2. The van der Waals surface area contributed by atoms with E-state index >= 15 is 0 Å². The normalized spacial score (nSPS) is 11.8. The minimum absolute atomic E-state index is 0. The molecule has 0 atom stereocenters. The number of aryl methyl sites for hydroxylation is 2. The van der Waals surface area contributed by atoms with Crippen LogP contribution in [0.3, 0.4) is 0 Å². The summed E-state index contributed by atoms with van der Waals surface area (Å²) in [5.41, 5.74) is 1.35. The van der Waals surface area contributed by atoms with Crippen molar-refractivity contribution in [3.8, 4) is 0 Å². The molecule has 0 saturated carbocycles. The van der Waals surface area contributed by atoms with Crippen LogP contribution >= 0.6 is 0 Å². The second-order valence-corrected chi connectivity index (χ2v) is 39.4. The van der Waals surface area contributed by atoms with Gasteiger partial charge >= 0.3 is 37.7 Å². The zero-order chi connectivity index (χ0) is 82.0. The second-order valence-electron chi connectivity index (χ2n) is 36.7. The van der Waals surface area contributed by atoms with E-state index in [4.69, 9.17) is 0 Å². The zero-order valence-electron chi connectivity index (χ0n) is 77.6. The Bertz CT molecular complexity index is 2250. The van der Waals surface area contributed by atoms with Crippen molar-refractivity contribution in [1.82, 2.24) is 0 Å². The first-order chi connectivity index (χ1) is 56.1. The largest absolute Gasteiger partial charge is 2.00 e. The molecule has 0 aliphatic carbocycles. The molecule has 0 bridgehead atoms. The fourth-order valence-electron chi connectivity index (χ4n) is 17.9. The van der Waals surface area contributed by atoms with Gasteiger partial charge in [-0.3, -0.25) is 0 Å². The SMILES string of the molecule is CCCCCCCCCCCCCCCCCCCCCCCCCCCCCCCCCCCCCCCCCCCCCCCc1ccccc1S(=O)(=O)[O-].CCCCCCCCCCCCCCCCCCCCCCCCCCCCCCCCCCCCCCCCCCCCCCCc1ccccc1S(=O)(=O)[O-].[Ca+2]. The van der Waals surface area contributed by atoms with Gasteiger partial charge in [-0.25, -0.2) is 16.8 Å². The smallest absolute Gasteiger partial charge is 0.744 e. The summed E-state index contributed by atoms with van der Waals surface area (Å²) in [7, 11) is -8.74. The van der Waals surface area contributed by atoms with E-state index in [9.17, 15) is 25.9 Å². The molecular weight excluding hydrogens is 1470 g/mol. The minimum Gasteiger partial charge on any atom is -0.744 e. The zero-order valence-corrected chi connectivity index (χ0v) is 81.5. The van der Waals surface area contributed by atoms with Crippen molar-refractivity contribution < 1.29 is 25.9 Å². The molecule has 2 rings (SSSR count). The molecular formula is C106H198CaO6S2. The van der Waals surface area contributed by atoms with Gasteiger partial charge in [-0.15, -0.1) is 0 Å². The minimum atomic E-state index is -4.37. The first kappa shape index (κ1) is 115. The molecule has 115 heavy (non-hydrogen) atoms. The summed E-state index contributed by atoms with van der Waals surface area (Å²) in [6.45, 7) is 4.61. The molecule has 0 aliphatic rings. The molecule has 9 heteroatoms. The number of rotatable bonds is 94. The first-order valence-electron chi connectivity index (χ1n) is 52.2. The Balaban J connectivity index is 0.00000224. The summed E-state index contributed by atoms with van der Waals surface area (Å²) in [6, 6.07) is 13.3. The molecule has 0 aromatic heterocycles. The summed E-state index contributed by atoms with van der Waals surface area (Å²) < 4.78 is 68.5. The van der Waals surface area contributed by atoms with Crippen molar-refractivity contribution in [3.05, 3.63) is 59.7 Å². The van der Waals surface area contributed by atoms with Crippen LogP contribution in [0.5, 0.6) is 0 Å². The van der Waals surface area contributed by atoms with Gasteiger partial charge in [-0.05, 0) is 48.9 Å². The predicted octanol–water partition coefficient (Wildman–Crippen LogP) is 37.0. The van der Waals surface area contributed by atoms with E-state index in [1.54, 1.807) is 24.3 Å². The first-order valence-corrected chi connectivity index (χ1v) is 55.0. The van der Waals surface area contributed by atoms with Crippen molar-refractivity contribution in [2.75, 3.05) is 0 Å². The summed E-state index contributed by atoms with van der Waals surface area (Å²) >= 11 is 0. The predicted molar refractivity (Wildman–Crippen MR) is 509 cm³/mol. The van der Waals surface area contributed by atoms with E-state index in [1.807, 2.05) is 12.1 Å². The molecule has 0 N–H and O–H groups in total. The van der Waals surface area contributed by atoms with Gasteiger partial charge in [0.2, 0.25) is 0 Å².